The van der Waals surface area contributed by atoms with Crippen molar-refractivity contribution >= 4 is 40.1 Å². The molecule has 1 aromatic carbocycles. The van der Waals surface area contributed by atoms with Crippen molar-refractivity contribution < 1.29 is 9.53 Å². The first-order chi connectivity index (χ1) is 13.8. The first kappa shape index (κ1) is 20.6. The van der Waals surface area contributed by atoms with E-state index in [1.165, 1.54) is 0 Å². The van der Waals surface area contributed by atoms with Gasteiger partial charge in [-0.15, -0.1) is 0 Å². The van der Waals surface area contributed by atoms with Crippen molar-refractivity contribution in [3.8, 4) is 0 Å². The van der Waals surface area contributed by atoms with Crippen LogP contribution in [0.1, 0.15) is 31.9 Å². The topological polar surface area (TPSA) is 91.1 Å². The number of alkyl carbamates (subject to hydrolysis) is 1. The molecule has 29 heavy (non-hydrogen) atoms. The Morgan fingerprint density at radius 3 is 2.79 bits per heavy atom. The minimum Gasteiger partial charge on any atom is -0.444 e. The minimum atomic E-state index is -0.522. The Morgan fingerprint density at radius 2 is 2.00 bits per heavy atom. The van der Waals surface area contributed by atoms with Gasteiger partial charge in [0.1, 0.15) is 11.2 Å². The summed E-state index contributed by atoms with van der Waals surface area (Å²) in [4.78, 5) is 19.2. The second-order valence-corrected chi connectivity index (χ2v) is 7.98. The highest BCUT2D eigenvalue weighted by Crippen LogP contribution is 2.15. The summed E-state index contributed by atoms with van der Waals surface area (Å²) in [7, 11) is 0. The third-order valence-electron chi connectivity index (χ3n) is 4.01. The van der Waals surface area contributed by atoms with Gasteiger partial charge < -0.3 is 25.7 Å². The molecule has 0 aliphatic carbocycles. The molecule has 0 aliphatic rings. The van der Waals surface area contributed by atoms with Crippen LogP contribution in [-0.2, 0) is 17.8 Å². The maximum absolute atomic E-state index is 11.8. The van der Waals surface area contributed by atoms with Gasteiger partial charge in [0.05, 0.1) is 0 Å². The Labute approximate surface area is 175 Å². The summed E-state index contributed by atoms with van der Waals surface area (Å²) in [5.74, 6) is 0. The Morgan fingerprint density at radius 1 is 1.17 bits per heavy atom. The third-order valence-corrected chi connectivity index (χ3v) is 4.26. The lowest BCUT2D eigenvalue weighted by Crippen LogP contribution is -2.32. The number of amides is 1. The molecule has 2 heterocycles. The molecule has 3 rings (SSSR count). The largest absolute Gasteiger partial charge is 0.444 e. The number of hydrogen-bond acceptors (Lipinski definition) is 4. The number of carbonyl (C=O) groups is 1. The van der Waals surface area contributed by atoms with E-state index in [4.69, 9.17) is 17.0 Å². The molecule has 1 amide bonds. The Kier molecular flexibility index (Phi) is 6.33. The van der Waals surface area contributed by atoms with Crippen molar-refractivity contribution in [3.05, 3.63) is 59.9 Å². The van der Waals surface area contributed by atoms with Gasteiger partial charge in [-0.1, -0.05) is 12.1 Å². The molecule has 0 aliphatic heterocycles. The maximum atomic E-state index is 11.8. The molecule has 0 fully saturated rings. The summed E-state index contributed by atoms with van der Waals surface area (Å²) in [6, 6.07) is 11.7. The molecule has 0 bridgehead atoms. The lowest BCUT2D eigenvalue weighted by Gasteiger charge is -2.19. The predicted molar refractivity (Wildman–Crippen MR) is 119 cm³/mol. The van der Waals surface area contributed by atoms with Gasteiger partial charge in [-0.05, 0) is 68.4 Å². The standard InChI is InChI=1S/C21H25N5O2S/c1-21(2,3)28-20(27)25-12-14-5-4-6-16(11-14)26-19(29)24-13-15-7-9-22-18-17(15)8-10-23-18/h4-11H,12-13H2,1-3H3,(H,22,23)(H,25,27)(H2,24,26,29). The highest BCUT2D eigenvalue weighted by molar-refractivity contribution is 7.80. The number of aromatic amines is 1. The van der Waals surface area contributed by atoms with Crippen LogP contribution in [-0.4, -0.2) is 26.8 Å². The summed E-state index contributed by atoms with van der Waals surface area (Å²) in [5.41, 5.74) is 3.22. The number of aromatic nitrogens is 2. The van der Waals surface area contributed by atoms with E-state index in [0.29, 0.717) is 18.2 Å². The minimum absolute atomic E-state index is 0.368. The van der Waals surface area contributed by atoms with E-state index < -0.39 is 11.7 Å². The molecular formula is C21H25N5O2S. The second-order valence-electron chi connectivity index (χ2n) is 7.57. The van der Waals surface area contributed by atoms with Crippen LogP contribution in [0.2, 0.25) is 0 Å². The van der Waals surface area contributed by atoms with Gasteiger partial charge in [-0.2, -0.15) is 0 Å². The predicted octanol–water partition coefficient (Wildman–Crippen LogP) is 4.07. The fourth-order valence-electron chi connectivity index (χ4n) is 2.77. The van der Waals surface area contributed by atoms with Crippen LogP contribution in [0.4, 0.5) is 10.5 Å². The number of H-pyrrole nitrogens is 1. The van der Waals surface area contributed by atoms with E-state index in [-0.39, 0.29) is 0 Å². The van der Waals surface area contributed by atoms with E-state index in [0.717, 1.165) is 27.8 Å². The van der Waals surface area contributed by atoms with Gasteiger partial charge in [0.2, 0.25) is 0 Å². The molecular weight excluding hydrogens is 386 g/mol. The fraction of sp³-hybridized carbons (Fsp3) is 0.286. The Hall–Kier alpha value is -3.13. The molecule has 0 saturated carbocycles. The molecule has 0 saturated heterocycles. The number of hydrogen-bond donors (Lipinski definition) is 4. The van der Waals surface area contributed by atoms with Crippen molar-refractivity contribution in [2.45, 2.75) is 39.5 Å². The second kappa shape index (κ2) is 8.91. The number of carbonyl (C=O) groups excluding carboxylic acids is 1. The van der Waals surface area contributed by atoms with E-state index in [1.54, 1.807) is 6.20 Å². The van der Waals surface area contributed by atoms with E-state index >= 15 is 0 Å². The molecule has 0 spiro atoms. The van der Waals surface area contributed by atoms with Crippen LogP contribution in [0.3, 0.4) is 0 Å². The molecule has 3 aromatic rings. The molecule has 0 radical (unpaired) electrons. The lowest BCUT2D eigenvalue weighted by atomic mass is 10.2. The van der Waals surface area contributed by atoms with Crippen LogP contribution in [0, 0.1) is 0 Å². The Balaban J connectivity index is 1.52. The van der Waals surface area contributed by atoms with E-state index in [9.17, 15) is 4.79 Å². The van der Waals surface area contributed by atoms with Crippen molar-refractivity contribution in [3.63, 3.8) is 0 Å². The van der Waals surface area contributed by atoms with Gasteiger partial charge in [-0.25, -0.2) is 9.78 Å². The summed E-state index contributed by atoms with van der Waals surface area (Å²) in [6.07, 6.45) is 3.20. The van der Waals surface area contributed by atoms with Crippen LogP contribution in [0.25, 0.3) is 11.0 Å². The normalized spacial score (nSPS) is 11.1. The van der Waals surface area contributed by atoms with Gasteiger partial charge in [0.25, 0.3) is 0 Å². The summed E-state index contributed by atoms with van der Waals surface area (Å²) < 4.78 is 5.25. The van der Waals surface area contributed by atoms with Crippen molar-refractivity contribution in [1.82, 2.24) is 20.6 Å². The number of ether oxygens (including phenoxy) is 1. The summed E-state index contributed by atoms with van der Waals surface area (Å²) >= 11 is 5.41. The van der Waals surface area contributed by atoms with Crippen molar-refractivity contribution in [1.29, 1.82) is 0 Å². The van der Waals surface area contributed by atoms with Crippen molar-refractivity contribution in [2.75, 3.05) is 5.32 Å². The van der Waals surface area contributed by atoms with Gasteiger partial charge in [0, 0.05) is 36.6 Å². The van der Waals surface area contributed by atoms with Crippen LogP contribution >= 0.6 is 12.2 Å². The SMILES string of the molecule is CC(C)(C)OC(=O)NCc1cccc(NC(=S)NCc2ccnc3[nH]ccc23)c1. The van der Waals surface area contributed by atoms with Gasteiger partial charge >= 0.3 is 6.09 Å². The number of fused-ring (bicyclic) bond motifs is 1. The average molecular weight is 412 g/mol. The smallest absolute Gasteiger partial charge is 0.407 e. The number of rotatable bonds is 5. The molecule has 8 heteroatoms. The summed E-state index contributed by atoms with van der Waals surface area (Å²) in [6.45, 7) is 6.45. The van der Waals surface area contributed by atoms with Crippen LogP contribution < -0.4 is 16.0 Å². The molecule has 0 unspecified atom stereocenters. The number of nitrogens with zero attached hydrogens (tertiary/aromatic N) is 1. The Bertz CT molecular complexity index is 1010. The van der Waals surface area contributed by atoms with Crippen LogP contribution in [0.15, 0.2) is 48.8 Å². The fourth-order valence-corrected chi connectivity index (χ4v) is 2.96. The van der Waals surface area contributed by atoms with Gasteiger partial charge in [0.15, 0.2) is 5.11 Å². The molecule has 7 nitrogen and oxygen atoms in total. The third kappa shape index (κ3) is 6.18. The maximum Gasteiger partial charge on any atom is 0.407 e. The highest BCUT2D eigenvalue weighted by atomic mass is 32.1. The number of benzene rings is 1. The first-order valence-corrected chi connectivity index (χ1v) is 9.72. The number of thiocarbonyl (C=S) groups is 1. The van der Waals surface area contributed by atoms with Crippen LogP contribution in [0.5, 0.6) is 0 Å². The monoisotopic (exact) mass is 411 g/mol. The molecule has 152 valence electrons. The number of anilines is 1. The molecule has 2 aromatic heterocycles. The zero-order valence-corrected chi connectivity index (χ0v) is 17.5. The van der Waals surface area contributed by atoms with Crippen molar-refractivity contribution in [2.24, 2.45) is 0 Å². The zero-order chi connectivity index (χ0) is 20.9. The van der Waals surface area contributed by atoms with E-state index in [2.05, 4.69) is 25.9 Å². The molecule has 0 atom stereocenters. The van der Waals surface area contributed by atoms with E-state index in [1.807, 2.05) is 63.4 Å². The lowest BCUT2D eigenvalue weighted by molar-refractivity contribution is 0.0523. The highest BCUT2D eigenvalue weighted by Gasteiger charge is 2.15. The molecule has 4 N–H and O–H groups in total. The zero-order valence-electron chi connectivity index (χ0n) is 16.7. The quantitative estimate of drug-likeness (QED) is 0.473. The number of pyridine rings is 1. The summed E-state index contributed by atoms with van der Waals surface area (Å²) in [5, 5.41) is 10.7. The number of nitrogens with one attached hydrogen (secondary N) is 4. The van der Waals surface area contributed by atoms with Gasteiger partial charge in [-0.3, -0.25) is 0 Å². The first-order valence-electron chi connectivity index (χ1n) is 9.32. The average Bonchev–Trinajstić information content (AvgIpc) is 3.13.